The quantitative estimate of drug-likeness (QED) is 0.922. The van der Waals surface area contributed by atoms with Crippen molar-refractivity contribution in [1.82, 2.24) is 19.7 Å². The van der Waals surface area contributed by atoms with Crippen LogP contribution in [0.25, 0.3) is 0 Å². The number of rotatable bonds is 4. The summed E-state index contributed by atoms with van der Waals surface area (Å²) >= 11 is 0.993. The number of hydrogen-bond donors (Lipinski definition) is 1. The van der Waals surface area contributed by atoms with Crippen LogP contribution in [0.5, 0.6) is 0 Å². The number of aryl methyl sites for hydroxylation is 1. The summed E-state index contributed by atoms with van der Waals surface area (Å²) in [5.74, 6) is -1.40. The summed E-state index contributed by atoms with van der Waals surface area (Å²) in [7, 11) is 1.68. The summed E-state index contributed by atoms with van der Waals surface area (Å²) in [6.07, 6.45) is 1.36. The average molecular weight is 271 g/mol. The molecule has 0 saturated carbocycles. The first-order chi connectivity index (χ1) is 8.61. The first-order valence-corrected chi connectivity index (χ1v) is 6.05. The molecule has 0 amide bonds. The Morgan fingerprint density at radius 1 is 1.39 bits per heavy atom. The minimum Gasteiger partial charge on any atom is -0.368 e. The molecule has 8 heteroatoms. The Hall–Kier alpha value is -1.70. The molecule has 96 valence electrons. The summed E-state index contributed by atoms with van der Waals surface area (Å²) < 4.78 is 28.4. The van der Waals surface area contributed by atoms with Gasteiger partial charge in [-0.15, -0.1) is 0 Å². The second-order valence-corrected chi connectivity index (χ2v) is 4.36. The van der Waals surface area contributed by atoms with Crippen molar-refractivity contribution in [3.8, 4) is 0 Å². The van der Waals surface area contributed by atoms with E-state index in [9.17, 15) is 8.78 Å². The number of aromatic nitrogens is 4. The number of hydrogen-bond acceptors (Lipinski definition) is 5. The molecule has 0 spiro atoms. The van der Waals surface area contributed by atoms with Gasteiger partial charge in [-0.05, 0) is 18.7 Å². The molecule has 0 atom stereocenters. The second kappa shape index (κ2) is 5.30. The van der Waals surface area contributed by atoms with Crippen LogP contribution in [0.4, 0.5) is 14.6 Å². The fraction of sp³-hybridized carbons (Fsp3) is 0.300. The number of anilines is 1. The standard InChI is InChI=1S/C10H11F2N5S/c1-3-13-8-6(11)4-7(12)9(16-8)18-10-14-5-15-17(10)2/h4-5H,3H2,1-2H3,(H,13,16). The first kappa shape index (κ1) is 12.7. The molecule has 2 heterocycles. The zero-order chi connectivity index (χ0) is 13.1. The molecule has 0 fully saturated rings. The number of halogens is 2. The lowest BCUT2D eigenvalue weighted by atomic mass is 10.4. The van der Waals surface area contributed by atoms with E-state index < -0.39 is 11.6 Å². The van der Waals surface area contributed by atoms with Gasteiger partial charge in [0.25, 0.3) is 0 Å². The summed E-state index contributed by atoms with van der Waals surface area (Å²) in [5.41, 5.74) is 0. The minimum absolute atomic E-state index is 0.0311. The molecule has 0 aliphatic rings. The Bertz CT molecular complexity index is 557. The van der Waals surface area contributed by atoms with Crippen LogP contribution in [0.1, 0.15) is 6.92 Å². The molecule has 0 aliphatic heterocycles. The molecule has 0 unspecified atom stereocenters. The van der Waals surface area contributed by atoms with E-state index in [0.29, 0.717) is 11.7 Å². The first-order valence-electron chi connectivity index (χ1n) is 5.23. The third-order valence-electron chi connectivity index (χ3n) is 2.10. The molecule has 2 rings (SSSR count). The molecule has 5 nitrogen and oxygen atoms in total. The van der Waals surface area contributed by atoms with Crippen molar-refractivity contribution in [3.63, 3.8) is 0 Å². The Morgan fingerprint density at radius 2 is 2.17 bits per heavy atom. The van der Waals surface area contributed by atoms with Crippen molar-refractivity contribution in [2.75, 3.05) is 11.9 Å². The lowest BCUT2D eigenvalue weighted by Crippen LogP contribution is -2.04. The van der Waals surface area contributed by atoms with Crippen LogP contribution in [0.3, 0.4) is 0 Å². The highest BCUT2D eigenvalue weighted by molar-refractivity contribution is 7.99. The van der Waals surface area contributed by atoms with Crippen LogP contribution in [0.15, 0.2) is 22.6 Å². The van der Waals surface area contributed by atoms with E-state index in [1.165, 1.54) is 11.0 Å². The molecule has 0 saturated heterocycles. The van der Waals surface area contributed by atoms with E-state index in [2.05, 4.69) is 20.4 Å². The molecule has 0 radical (unpaired) electrons. The van der Waals surface area contributed by atoms with Crippen LogP contribution < -0.4 is 5.32 Å². The summed E-state index contributed by atoms with van der Waals surface area (Å²) in [5, 5.41) is 7.13. The summed E-state index contributed by atoms with van der Waals surface area (Å²) in [6, 6.07) is 0.809. The van der Waals surface area contributed by atoms with E-state index in [1.807, 2.05) is 0 Å². The summed E-state index contributed by atoms with van der Waals surface area (Å²) in [4.78, 5) is 7.84. The van der Waals surface area contributed by atoms with E-state index in [1.54, 1.807) is 14.0 Å². The van der Waals surface area contributed by atoms with Crippen molar-refractivity contribution in [3.05, 3.63) is 24.0 Å². The molecule has 0 bridgehead atoms. The topological polar surface area (TPSA) is 55.6 Å². The Morgan fingerprint density at radius 3 is 2.78 bits per heavy atom. The van der Waals surface area contributed by atoms with E-state index in [-0.39, 0.29) is 10.8 Å². The van der Waals surface area contributed by atoms with Gasteiger partial charge in [0.1, 0.15) is 11.4 Å². The maximum absolute atomic E-state index is 13.6. The average Bonchev–Trinajstić information content (AvgIpc) is 2.71. The van der Waals surface area contributed by atoms with Crippen molar-refractivity contribution < 1.29 is 8.78 Å². The fourth-order valence-electron chi connectivity index (χ4n) is 1.28. The SMILES string of the molecule is CCNc1nc(Sc2ncnn2C)c(F)cc1F. The van der Waals surface area contributed by atoms with Gasteiger partial charge in [0.15, 0.2) is 22.6 Å². The summed E-state index contributed by atoms with van der Waals surface area (Å²) in [6.45, 7) is 2.31. The Labute approximate surface area is 107 Å². The van der Waals surface area contributed by atoms with E-state index in [0.717, 1.165) is 17.8 Å². The zero-order valence-corrected chi connectivity index (χ0v) is 10.6. The third-order valence-corrected chi connectivity index (χ3v) is 3.13. The van der Waals surface area contributed by atoms with Gasteiger partial charge in [-0.1, -0.05) is 0 Å². The molecule has 1 N–H and O–H groups in total. The highest BCUT2D eigenvalue weighted by Gasteiger charge is 2.14. The normalized spacial score (nSPS) is 10.7. The fourth-order valence-corrected chi connectivity index (χ4v) is 2.02. The van der Waals surface area contributed by atoms with Gasteiger partial charge in [0.2, 0.25) is 0 Å². The van der Waals surface area contributed by atoms with Crippen molar-refractivity contribution in [1.29, 1.82) is 0 Å². The second-order valence-electron chi connectivity index (χ2n) is 3.40. The van der Waals surface area contributed by atoms with Crippen LogP contribution in [0, 0.1) is 11.6 Å². The van der Waals surface area contributed by atoms with Gasteiger partial charge < -0.3 is 5.32 Å². The van der Waals surface area contributed by atoms with Crippen molar-refractivity contribution in [2.45, 2.75) is 17.1 Å². The predicted molar refractivity (Wildman–Crippen MR) is 63.4 cm³/mol. The number of nitrogens with one attached hydrogen (secondary N) is 1. The van der Waals surface area contributed by atoms with Gasteiger partial charge in [0.05, 0.1) is 0 Å². The van der Waals surface area contributed by atoms with E-state index in [4.69, 9.17) is 0 Å². The largest absolute Gasteiger partial charge is 0.368 e. The van der Waals surface area contributed by atoms with Gasteiger partial charge in [-0.25, -0.2) is 23.4 Å². The molecular weight excluding hydrogens is 260 g/mol. The highest BCUT2D eigenvalue weighted by atomic mass is 32.2. The van der Waals surface area contributed by atoms with Crippen molar-refractivity contribution in [2.24, 2.45) is 7.05 Å². The third kappa shape index (κ3) is 2.58. The van der Waals surface area contributed by atoms with Gasteiger partial charge in [-0.3, -0.25) is 0 Å². The van der Waals surface area contributed by atoms with Crippen LogP contribution in [0.2, 0.25) is 0 Å². The van der Waals surface area contributed by atoms with Gasteiger partial charge in [0, 0.05) is 19.7 Å². The predicted octanol–water partition coefficient (Wildman–Crippen LogP) is 2.07. The van der Waals surface area contributed by atoms with Gasteiger partial charge in [-0.2, -0.15) is 5.10 Å². The number of nitrogens with zero attached hydrogens (tertiary/aromatic N) is 4. The minimum atomic E-state index is -0.720. The maximum Gasteiger partial charge on any atom is 0.192 e. The van der Waals surface area contributed by atoms with Gasteiger partial charge >= 0.3 is 0 Å². The van der Waals surface area contributed by atoms with Crippen LogP contribution >= 0.6 is 11.8 Å². The highest BCUT2D eigenvalue weighted by Crippen LogP contribution is 2.28. The Balaban J connectivity index is 2.32. The van der Waals surface area contributed by atoms with Crippen LogP contribution in [-0.2, 0) is 7.05 Å². The van der Waals surface area contributed by atoms with Crippen LogP contribution in [-0.4, -0.2) is 26.3 Å². The smallest absolute Gasteiger partial charge is 0.192 e. The molecule has 2 aromatic heterocycles. The van der Waals surface area contributed by atoms with E-state index >= 15 is 0 Å². The monoisotopic (exact) mass is 271 g/mol. The number of pyridine rings is 1. The Kier molecular flexibility index (Phi) is 3.75. The molecule has 0 aromatic carbocycles. The zero-order valence-electron chi connectivity index (χ0n) is 9.81. The molecule has 18 heavy (non-hydrogen) atoms. The molecule has 0 aliphatic carbocycles. The van der Waals surface area contributed by atoms with Crippen molar-refractivity contribution >= 4 is 17.6 Å². The molecule has 2 aromatic rings. The lowest BCUT2D eigenvalue weighted by molar-refractivity contribution is 0.550. The maximum atomic E-state index is 13.6. The lowest BCUT2D eigenvalue weighted by Gasteiger charge is -2.07. The molecular formula is C10H11F2N5S.